The first-order chi connectivity index (χ1) is 9.43. The van der Waals surface area contributed by atoms with E-state index in [1.807, 2.05) is 0 Å². The Labute approximate surface area is 120 Å². The van der Waals surface area contributed by atoms with E-state index in [1.165, 1.54) is 12.1 Å². The molecule has 0 aliphatic carbocycles. The largest absolute Gasteiger partial charge is 0.416 e. The molecule has 1 saturated heterocycles. The zero-order valence-corrected chi connectivity index (χ0v) is 11.5. The van der Waals surface area contributed by atoms with Crippen molar-refractivity contribution in [1.82, 2.24) is 4.90 Å². The number of carbonyl (C=O) groups excluding carboxylic acids is 1. The Balaban J connectivity index is 2.16. The number of halogens is 4. The maximum Gasteiger partial charge on any atom is 0.416 e. The summed E-state index contributed by atoms with van der Waals surface area (Å²) in [5.41, 5.74) is -0.475. The van der Waals surface area contributed by atoms with Gasteiger partial charge in [-0.25, -0.2) is 0 Å². The van der Waals surface area contributed by atoms with Gasteiger partial charge >= 0.3 is 6.18 Å². The lowest BCUT2D eigenvalue weighted by Crippen LogP contribution is -2.44. The molecule has 0 saturated carbocycles. The van der Waals surface area contributed by atoms with Crippen molar-refractivity contribution in [3.05, 3.63) is 35.4 Å². The van der Waals surface area contributed by atoms with Gasteiger partial charge in [0.25, 0.3) is 5.91 Å². The Morgan fingerprint density at radius 3 is 2.45 bits per heavy atom. The lowest BCUT2D eigenvalue weighted by Gasteiger charge is -2.34. The number of piperidine rings is 1. The van der Waals surface area contributed by atoms with Gasteiger partial charge in [-0.3, -0.25) is 4.79 Å². The minimum atomic E-state index is -4.38. The normalized spacial score (nSPS) is 20.0. The molecule has 1 aliphatic rings. The molecule has 2 rings (SSSR count). The Hall–Kier alpha value is -1.23. The second-order valence-corrected chi connectivity index (χ2v) is 5.19. The van der Waals surface area contributed by atoms with E-state index in [2.05, 4.69) is 0 Å². The number of hydrogen-bond acceptors (Lipinski definition) is 1. The zero-order chi connectivity index (χ0) is 14.8. The summed E-state index contributed by atoms with van der Waals surface area (Å²) in [6, 6.07) is 4.30. The molecule has 1 atom stereocenters. The minimum Gasteiger partial charge on any atom is -0.334 e. The van der Waals surface area contributed by atoms with Gasteiger partial charge in [-0.2, -0.15) is 13.2 Å². The van der Waals surface area contributed by atoms with Crippen molar-refractivity contribution < 1.29 is 18.0 Å². The van der Waals surface area contributed by atoms with Gasteiger partial charge in [-0.1, -0.05) is 0 Å². The molecular formula is C14H15ClF3NO. The fourth-order valence-corrected chi connectivity index (χ4v) is 2.72. The summed E-state index contributed by atoms with van der Waals surface area (Å²) in [4.78, 5) is 14.0. The Morgan fingerprint density at radius 1 is 1.25 bits per heavy atom. The van der Waals surface area contributed by atoms with Crippen LogP contribution in [-0.2, 0) is 6.18 Å². The first-order valence-electron chi connectivity index (χ1n) is 6.47. The molecule has 0 N–H and O–H groups in total. The molecule has 1 aromatic carbocycles. The summed E-state index contributed by atoms with van der Waals surface area (Å²) < 4.78 is 37.4. The maximum atomic E-state index is 12.5. The predicted octanol–water partition coefficient (Wildman–Crippen LogP) is 3.94. The van der Waals surface area contributed by atoms with Gasteiger partial charge in [0.1, 0.15) is 0 Å². The second-order valence-electron chi connectivity index (χ2n) is 4.88. The number of likely N-dealkylation sites (tertiary alicyclic amines) is 1. The van der Waals surface area contributed by atoms with Crippen LogP contribution in [-0.4, -0.2) is 29.3 Å². The highest BCUT2D eigenvalue weighted by molar-refractivity contribution is 6.18. The van der Waals surface area contributed by atoms with Crippen molar-refractivity contribution >= 4 is 17.5 Å². The van der Waals surface area contributed by atoms with Crippen LogP contribution in [0.4, 0.5) is 13.2 Å². The lowest BCUT2D eigenvalue weighted by molar-refractivity contribution is -0.137. The molecule has 1 fully saturated rings. The molecule has 1 aromatic rings. The standard InChI is InChI=1S/C14H15ClF3NO/c15-9-12-3-1-2-8-19(12)13(20)10-4-6-11(7-5-10)14(16,17)18/h4-7,12H,1-3,8-9H2. The van der Waals surface area contributed by atoms with Crippen LogP contribution in [0, 0.1) is 0 Å². The SMILES string of the molecule is O=C(c1ccc(C(F)(F)F)cc1)N1CCCCC1CCl. The van der Waals surface area contributed by atoms with Gasteiger partial charge in [0.2, 0.25) is 0 Å². The summed E-state index contributed by atoms with van der Waals surface area (Å²) >= 11 is 5.85. The van der Waals surface area contributed by atoms with E-state index in [4.69, 9.17) is 11.6 Å². The number of amides is 1. The number of nitrogens with zero attached hydrogens (tertiary/aromatic N) is 1. The summed E-state index contributed by atoms with van der Waals surface area (Å²) in [7, 11) is 0. The van der Waals surface area contributed by atoms with Crippen LogP contribution in [0.15, 0.2) is 24.3 Å². The number of rotatable bonds is 2. The Morgan fingerprint density at radius 2 is 1.90 bits per heavy atom. The summed E-state index contributed by atoms with van der Waals surface area (Å²) in [6.07, 6.45) is -1.62. The monoisotopic (exact) mass is 305 g/mol. The lowest BCUT2D eigenvalue weighted by atomic mass is 10.0. The van der Waals surface area contributed by atoms with E-state index in [9.17, 15) is 18.0 Å². The fourth-order valence-electron chi connectivity index (χ4n) is 2.40. The highest BCUT2D eigenvalue weighted by Crippen LogP contribution is 2.29. The molecule has 0 spiro atoms. The van der Waals surface area contributed by atoms with E-state index in [-0.39, 0.29) is 17.5 Å². The molecule has 1 unspecified atom stereocenters. The fraction of sp³-hybridized carbons (Fsp3) is 0.500. The molecule has 0 bridgehead atoms. The van der Waals surface area contributed by atoms with Crippen LogP contribution in [0.1, 0.15) is 35.2 Å². The van der Waals surface area contributed by atoms with Crippen molar-refractivity contribution in [3.63, 3.8) is 0 Å². The van der Waals surface area contributed by atoms with Crippen LogP contribution in [0.25, 0.3) is 0 Å². The third-order valence-electron chi connectivity index (χ3n) is 3.53. The molecule has 110 valence electrons. The van der Waals surface area contributed by atoms with Crippen LogP contribution >= 0.6 is 11.6 Å². The molecule has 2 nitrogen and oxygen atoms in total. The third-order valence-corrected chi connectivity index (χ3v) is 3.88. The van der Waals surface area contributed by atoms with Crippen molar-refractivity contribution in [1.29, 1.82) is 0 Å². The van der Waals surface area contributed by atoms with E-state index in [1.54, 1.807) is 4.90 Å². The first kappa shape index (κ1) is 15.2. The quantitative estimate of drug-likeness (QED) is 0.758. The molecule has 1 amide bonds. The third kappa shape index (κ3) is 3.26. The van der Waals surface area contributed by atoms with Gasteiger partial charge in [-0.15, -0.1) is 11.6 Å². The predicted molar refractivity (Wildman–Crippen MR) is 70.8 cm³/mol. The van der Waals surface area contributed by atoms with E-state index < -0.39 is 11.7 Å². The van der Waals surface area contributed by atoms with Gasteiger partial charge in [0, 0.05) is 24.0 Å². The van der Waals surface area contributed by atoms with Gasteiger partial charge < -0.3 is 4.90 Å². The van der Waals surface area contributed by atoms with Gasteiger partial charge in [0.05, 0.1) is 5.56 Å². The molecule has 1 heterocycles. The van der Waals surface area contributed by atoms with Crippen molar-refractivity contribution in [2.45, 2.75) is 31.5 Å². The van der Waals surface area contributed by atoms with Gasteiger partial charge in [0.15, 0.2) is 0 Å². The van der Waals surface area contributed by atoms with Crippen molar-refractivity contribution in [3.8, 4) is 0 Å². The number of alkyl halides is 4. The Bertz CT molecular complexity index is 472. The number of hydrogen-bond donors (Lipinski definition) is 0. The van der Waals surface area contributed by atoms with Crippen LogP contribution in [0.5, 0.6) is 0 Å². The van der Waals surface area contributed by atoms with Crippen LogP contribution in [0.2, 0.25) is 0 Å². The molecule has 6 heteroatoms. The van der Waals surface area contributed by atoms with E-state index >= 15 is 0 Å². The van der Waals surface area contributed by atoms with Crippen molar-refractivity contribution in [2.75, 3.05) is 12.4 Å². The first-order valence-corrected chi connectivity index (χ1v) is 7.01. The van der Waals surface area contributed by atoms with Gasteiger partial charge in [-0.05, 0) is 43.5 Å². The van der Waals surface area contributed by atoms with Crippen LogP contribution in [0.3, 0.4) is 0 Å². The van der Waals surface area contributed by atoms with E-state index in [0.717, 1.165) is 31.4 Å². The summed E-state index contributed by atoms with van der Waals surface area (Å²) in [5, 5.41) is 0. The molecule has 1 aliphatic heterocycles. The van der Waals surface area contributed by atoms with Crippen molar-refractivity contribution in [2.24, 2.45) is 0 Å². The molecule has 20 heavy (non-hydrogen) atoms. The maximum absolute atomic E-state index is 12.5. The topological polar surface area (TPSA) is 20.3 Å². The van der Waals surface area contributed by atoms with Crippen LogP contribution < -0.4 is 0 Å². The average Bonchev–Trinajstić information content (AvgIpc) is 2.45. The Kier molecular flexibility index (Phi) is 4.58. The second kappa shape index (κ2) is 6.04. The molecule has 0 aromatic heterocycles. The number of carbonyl (C=O) groups is 1. The number of benzene rings is 1. The average molecular weight is 306 g/mol. The molecule has 0 radical (unpaired) electrons. The summed E-state index contributed by atoms with van der Waals surface area (Å²) in [5.74, 6) is 0.107. The highest BCUT2D eigenvalue weighted by Gasteiger charge is 2.31. The summed E-state index contributed by atoms with van der Waals surface area (Å²) in [6.45, 7) is 0.608. The molecular weight excluding hydrogens is 291 g/mol. The minimum absolute atomic E-state index is 0.0276. The highest BCUT2D eigenvalue weighted by atomic mass is 35.5. The zero-order valence-electron chi connectivity index (χ0n) is 10.8. The smallest absolute Gasteiger partial charge is 0.334 e. The van der Waals surface area contributed by atoms with E-state index in [0.29, 0.717) is 12.4 Å².